The monoisotopic (exact) mass is 293 g/mol. The van der Waals surface area contributed by atoms with Crippen molar-refractivity contribution in [2.24, 2.45) is 5.92 Å². The van der Waals surface area contributed by atoms with Crippen molar-refractivity contribution in [2.45, 2.75) is 31.3 Å². The van der Waals surface area contributed by atoms with Crippen LogP contribution in [0, 0.1) is 11.9 Å². The predicted octanol–water partition coefficient (Wildman–Crippen LogP) is 0.856. The molecule has 1 saturated heterocycles. The molecule has 0 atom stereocenters. The number of hydrogen-bond donors (Lipinski definition) is 0. The summed E-state index contributed by atoms with van der Waals surface area (Å²) >= 11 is 0. The highest BCUT2D eigenvalue weighted by Crippen LogP contribution is 2.40. The molecule has 1 amide bonds. The van der Waals surface area contributed by atoms with E-state index in [1.54, 1.807) is 0 Å². The molecular weight excluding hydrogens is 279 g/mol. The summed E-state index contributed by atoms with van der Waals surface area (Å²) in [7, 11) is 0. The number of hydrogen-bond acceptors (Lipinski definition) is 5. The molecule has 0 bridgehead atoms. The van der Waals surface area contributed by atoms with E-state index >= 15 is 0 Å². The maximum Gasteiger partial charge on any atom is 0.416 e. The van der Waals surface area contributed by atoms with Crippen LogP contribution in [0.2, 0.25) is 0 Å². The van der Waals surface area contributed by atoms with Gasteiger partial charge in [-0.15, -0.1) is 0 Å². The Morgan fingerprint density at radius 3 is 2.76 bits per heavy atom. The molecule has 1 saturated carbocycles. The normalized spacial score (nSPS) is 28.7. The van der Waals surface area contributed by atoms with Crippen LogP contribution in [0.5, 0.6) is 0 Å². The Labute approximate surface area is 120 Å². The Balaban J connectivity index is 1.75. The summed E-state index contributed by atoms with van der Waals surface area (Å²) in [6.45, 7) is 0.266. The lowest BCUT2D eigenvalue weighted by molar-refractivity contribution is -0.313. The van der Waals surface area contributed by atoms with E-state index in [1.165, 1.54) is 23.1 Å². The molecule has 6 nitrogen and oxygen atoms in total. The lowest BCUT2D eigenvalue weighted by Gasteiger charge is -2.35. The van der Waals surface area contributed by atoms with Gasteiger partial charge in [0, 0.05) is 5.97 Å². The summed E-state index contributed by atoms with van der Waals surface area (Å²) in [6.07, 6.45) is 1.19. The number of carbonyl (C=O) groups is 2. The van der Waals surface area contributed by atoms with E-state index in [0.717, 1.165) is 0 Å². The number of halogens is 1. The number of amides is 1. The zero-order valence-corrected chi connectivity index (χ0v) is 11.3. The van der Waals surface area contributed by atoms with E-state index < -0.39 is 29.5 Å². The zero-order chi connectivity index (χ0) is 15.0. The first-order valence-corrected chi connectivity index (χ1v) is 6.83. The van der Waals surface area contributed by atoms with E-state index in [9.17, 15) is 19.1 Å². The molecule has 2 heterocycles. The molecule has 21 heavy (non-hydrogen) atoms. The van der Waals surface area contributed by atoms with Crippen LogP contribution in [0.4, 0.5) is 15.0 Å². The molecule has 7 heteroatoms. The number of pyridine rings is 1. The zero-order valence-electron chi connectivity index (χ0n) is 11.3. The van der Waals surface area contributed by atoms with E-state index in [2.05, 4.69) is 4.98 Å². The van der Waals surface area contributed by atoms with Gasteiger partial charge in [-0.3, -0.25) is 4.90 Å². The molecule has 0 unspecified atom stereocenters. The predicted molar refractivity (Wildman–Crippen MR) is 67.7 cm³/mol. The topological polar surface area (TPSA) is 82.6 Å². The molecule has 0 N–H and O–H groups in total. The minimum atomic E-state index is -1.06. The van der Waals surface area contributed by atoms with Crippen LogP contribution in [0.1, 0.15) is 25.7 Å². The molecule has 1 aromatic rings. The minimum Gasteiger partial charge on any atom is -0.550 e. The van der Waals surface area contributed by atoms with Gasteiger partial charge in [-0.1, -0.05) is 6.07 Å². The summed E-state index contributed by atoms with van der Waals surface area (Å²) in [5.74, 6) is -2.01. The van der Waals surface area contributed by atoms with Gasteiger partial charge in [-0.2, -0.15) is 4.39 Å². The maximum atomic E-state index is 13.2. The molecular formula is C14H14FN2O4-. The number of carboxylic acids is 1. The third-order valence-corrected chi connectivity index (χ3v) is 4.18. The third kappa shape index (κ3) is 2.55. The Morgan fingerprint density at radius 2 is 2.14 bits per heavy atom. The standard InChI is InChI=1S/C14H15FN2O4/c15-10-2-1-3-11(16-10)17-8-14(21-13(17)20)6-4-9(5-7-14)12(18)19/h1-3,9H,4-8H2,(H,18,19)/p-1. The number of aliphatic carboxylic acids is 1. The molecule has 1 aromatic heterocycles. The fraction of sp³-hybridized carbons (Fsp3) is 0.500. The Kier molecular flexibility index (Phi) is 3.27. The van der Waals surface area contributed by atoms with Gasteiger partial charge < -0.3 is 14.6 Å². The molecule has 3 rings (SSSR count). The van der Waals surface area contributed by atoms with E-state index in [1.807, 2.05) is 0 Å². The number of aromatic nitrogens is 1. The number of nitrogens with zero attached hydrogens (tertiary/aromatic N) is 2. The van der Waals surface area contributed by atoms with Gasteiger partial charge in [0.1, 0.15) is 11.4 Å². The molecule has 1 spiro atoms. The van der Waals surface area contributed by atoms with E-state index in [4.69, 9.17) is 4.74 Å². The highest BCUT2D eigenvalue weighted by molar-refractivity contribution is 5.89. The fourth-order valence-electron chi connectivity index (χ4n) is 2.99. The van der Waals surface area contributed by atoms with Crippen molar-refractivity contribution in [1.82, 2.24) is 4.98 Å². The highest BCUT2D eigenvalue weighted by Gasteiger charge is 2.48. The lowest BCUT2D eigenvalue weighted by atomic mass is 9.79. The minimum absolute atomic E-state index is 0.207. The molecule has 112 valence electrons. The first-order chi connectivity index (χ1) is 9.99. The number of carboxylic acid groups (broad SMARTS) is 1. The van der Waals surface area contributed by atoms with Crippen LogP contribution >= 0.6 is 0 Å². The average Bonchev–Trinajstić information content (AvgIpc) is 2.76. The van der Waals surface area contributed by atoms with Crippen molar-refractivity contribution in [1.29, 1.82) is 0 Å². The van der Waals surface area contributed by atoms with Gasteiger partial charge in [-0.05, 0) is 43.7 Å². The van der Waals surface area contributed by atoms with Crippen LogP contribution in [0.15, 0.2) is 18.2 Å². The number of carbonyl (C=O) groups excluding carboxylic acids is 2. The van der Waals surface area contributed by atoms with Crippen molar-refractivity contribution in [2.75, 3.05) is 11.4 Å². The fourth-order valence-corrected chi connectivity index (χ4v) is 2.99. The van der Waals surface area contributed by atoms with Gasteiger partial charge in [0.05, 0.1) is 6.54 Å². The van der Waals surface area contributed by atoms with E-state index in [-0.39, 0.29) is 12.4 Å². The van der Waals surface area contributed by atoms with Crippen LogP contribution in [-0.2, 0) is 9.53 Å². The second-order valence-electron chi connectivity index (χ2n) is 5.55. The van der Waals surface area contributed by atoms with Gasteiger partial charge in [0.2, 0.25) is 5.95 Å². The van der Waals surface area contributed by atoms with Gasteiger partial charge in [0.25, 0.3) is 0 Å². The Bertz CT molecular complexity index is 584. The van der Waals surface area contributed by atoms with Crippen molar-refractivity contribution >= 4 is 17.9 Å². The summed E-state index contributed by atoms with van der Waals surface area (Å²) in [5, 5.41) is 10.9. The van der Waals surface area contributed by atoms with Gasteiger partial charge >= 0.3 is 6.09 Å². The molecule has 1 aliphatic carbocycles. The molecule has 0 aromatic carbocycles. The quantitative estimate of drug-likeness (QED) is 0.755. The Hall–Kier alpha value is -2.18. The first-order valence-electron chi connectivity index (χ1n) is 6.83. The van der Waals surface area contributed by atoms with Crippen molar-refractivity contribution in [3.63, 3.8) is 0 Å². The Morgan fingerprint density at radius 1 is 1.43 bits per heavy atom. The molecule has 1 aliphatic heterocycles. The van der Waals surface area contributed by atoms with Gasteiger partial charge in [-0.25, -0.2) is 9.78 Å². The SMILES string of the molecule is O=C([O-])C1CCC2(CC1)CN(c1cccc(F)n1)C(=O)O2. The maximum absolute atomic E-state index is 13.2. The number of ether oxygens (including phenoxy) is 1. The van der Waals surface area contributed by atoms with Crippen LogP contribution in [-0.4, -0.2) is 29.2 Å². The average molecular weight is 293 g/mol. The molecule has 2 fully saturated rings. The lowest BCUT2D eigenvalue weighted by Crippen LogP contribution is -2.42. The summed E-state index contributed by atoms with van der Waals surface area (Å²) < 4.78 is 18.6. The summed E-state index contributed by atoms with van der Waals surface area (Å²) in [5.41, 5.74) is -0.697. The number of rotatable bonds is 2. The largest absolute Gasteiger partial charge is 0.550 e. The first kappa shape index (κ1) is 13.8. The van der Waals surface area contributed by atoms with Crippen molar-refractivity contribution in [3.05, 3.63) is 24.1 Å². The van der Waals surface area contributed by atoms with Gasteiger partial charge in [0.15, 0.2) is 0 Å². The summed E-state index contributed by atoms with van der Waals surface area (Å²) in [6, 6.07) is 4.21. The van der Waals surface area contributed by atoms with Crippen molar-refractivity contribution in [3.8, 4) is 0 Å². The van der Waals surface area contributed by atoms with Crippen molar-refractivity contribution < 1.29 is 23.8 Å². The highest BCUT2D eigenvalue weighted by atomic mass is 19.1. The summed E-state index contributed by atoms with van der Waals surface area (Å²) in [4.78, 5) is 27.8. The van der Waals surface area contributed by atoms with Crippen LogP contribution in [0.3, 0.4) is 0 Å². The number of anilines is 1. The van der Waals surface area contributed by atoms with Crippen LogP contribution < -0.4 is 10.0 Å². The smallest absolute Gasteiger partial charge is 0.416 e. The second-order valence-corrected chi connectivity index (χ2v) is 5.55. The second kappa shape index (κ2) is 4.98. The third-order valence-electron chi connectivity index (χ3n) is 4.18. The van der Waals surface area contributed by atoms with Crippen LogP contribution in [0.25, 0.3) is 0 Å². The van der Waals surface area contributed by atoms with E-state index in [0.29, 0.717) is 25.7 Å². The molecule has 0 radical (unpaired) electrons. The molecule has 2 aliphatic rings.